The Balaban J connectivity index is 3.38. The molecule has 0 fully saturated rings. The molecular formula is C13H19N3OS. The molecule has 0 aliphatic carbocycles. The van der Waals surface area contributed by atoms with Gasteiger partial charge in [-0.05, 0) is 33.1 Å². The Morgan fingerprint density at radius 2 is 2.11 bits per heavy atom. The van der Waals surface area contributed by atoms with E-state index in [1.807, 2.05) is 20.1 Å². The van der Waals surface area contributed by atoms with Crippen molar-refractivity contribution >= 4 is 23.5 Å². The van der Waals surface area contributed by atoms with Crippen LogP contribution in [0.25, 0.3) is 0 Å². The van der Waals surface area contributed by atoms with Gasteiger partial charge in [-0.2, -0.15) is 0 Å². The summed E-state index contributed by atoms with van der Waals surface area (Å²) in [5, 5.41) is 0.650. The largest absolute Gasteiger partial charge is 0.402 e. The molecule has 0 radical (unpaired) electrons. The second kappa shape index (κ2) is 5.91. The zero-order chi connectivity index (χ0) is 13.9. The fourth-order valence-electron chi connectivity index (χ4n) is 1.63. The standard InChI is InChI=1S/C13H19N3OS/c1-8(2)16-12(17)7-6-11(9(3)14)13(16)15-10(4)18-5/h6-8H,4,14H2,1-3,5H3/b11-9-,15-13+. The van der Waals surface area contributed by atoms with Gasteiger partial charge in [-0.3, -0.25) is 9.69 Å². The van der Waals surface area contributed by atoms with Gasteiger partial charge in [0.25, 0.3) is 5.91 Å². The number of aliphatic imine (C=N–C) groups is 1. The summed E-state index contributed by atoms with van der Waals surface area (Å²) in [5.41, 5.74) is 7.27. The lowest BCUT2D eigenvalue weighted by Gasteiger charge is -2.30. The number of carbonyl (C=O) groups excluding carboxylic acids is 1. The third-order valence-corrected chi connectivity index (χ3v) is 3.07. The summed E-state index contributed by atoms with van der Waals surface area (Å²) in [4.78, 5) is 18.0. The minimum Gasteiger partial charge on any atom is -0.402 e. The van der Waals surface area contributed by atoms with Crippen molar-refractivity contribution in [3.63, 3.8) is 0 Å². The Morgan fingerprint density at radius 1 is 1.50 bits per heavy atom. The Morgan fingerprint density at radius 3 is 2.56 bits per heavy atom. The van der Waals surface area contributed by atoms with Crippen LogP contribution in [0.3, 0.4) is 0 Å². The predicted octanol–water partition coefficient (Wildman–Crippen LogP) is 2.26. The molecule has 0 saturated heterocycles. The maximum atomic E-state index is 11.9. The first-order chi connectivity index (χ1) is 8.38. The summed E-state index contributed by atoms with van der Waals surface area (Å²) in [7, 11) is 0. The van der Waals surface area contributed by atoms with Gasteiger partial charge in [0.05, 0.1) is 5.03 Å². The van der Waals surface area contributed by atoms with Crippen molar-refractivity contribution in [2.75, 3.05) is 6.26 Å². The Hall–Kier alpha value is -1.49. The highest BCUT2D eigenvalue weighted by Crippen LogP contribution is 2.21. The maximum absolute atomic E-state index is 11.9. The van der Waals surface area contributed by atoms with Crippen molar-refractivity contribution < 1.29 is 4.79 Å². The molecule has 0 aromatic rings. The van der Waals surface area contributed by atoms with Gasteiger partial charge in [0, 0.05) is 23.4 Å². The van der Waals surface area contributed by atoms with Crippen LogP contribution < -0.4 is 5.73 Å². The molecule has 1 aliphatic rings. The number of nitrogens with zero attached hydrogens (tertiary/aromatic N) is 2. The molecule has 1 rings (SSSR count). The number of rotatable bonds is 3. The third-order valence-electron chi connectivity index (χ3n) is 2.51. The monoisotopic (exact) mass is 265 g/mol. The van der Waals surface area contributed by atoms with Crippen LogP contribution in [-0.4, -0.2) is 28.9 Å². The zero-order valence-corrected chi connectivity index (χ0v) is 12.0. The average Bonchev–Trinajstić information content (AvgIpc) is 2.27. The molecule has 0 unspecified atom stereocenters. The van der Waals surface area contributed by atoms with E-state index in [9.17, 15) is 4.79 Å². The highest BCUT2D eigenvalue weighted by molar-refractivity contribution is 8.02. The van der Waals surface area contributed by atoms with Crippen LogP contribution in [-0.2, 0) is 4.79 Å². The van der Waals surface area contributed by atoms with Crippen LogP contribution >= 0.6 is 11.8 Å². The van der Waals surface area contributed by atoms with Gasteiger partial charge >= 0.3 is 0 Å². The fraction of sp³-hybridized carbons (Fsp3) is 0.385. The van der Waals surface area contributed by atoms with Gasteiger partial charge in [0.2, 0.25) is 0 Å². The van der Waals surface area contributed by atoms with Crippen LogP contribution in [0.2, 0.25) is 0 Å². The Bertz CT molecular complexity index is 457. The van der Waals surface area contributed by atoms with Crippen LogP contribution in [0.1, 0.15) is 20.8 Å². The van der Waals surface area contributed by atoms with E-state index >= 15 is 0 Å². The molecule has 0 aromatic heterocycles. The van der Waals surface area contributed by atoms with E-state index in [0.717, 1.165) is 5.57 Å². The molecule has 0 aromatic carbocycles. The number of thioether (sulfide) groups is 1. The summed E-state index contributed by atoms with van der Waals surface area (Å²) in [5.74, 6) is 0.500. The normalized spacial score (nSPS) is 20.8. The molecule has 0 bridgehead atoms. The van der Waals surface area contributed by atoms with Crippen molar-refractivity contribution in [3.8, 4) is 0 Å². The predicted molar refractivity (Wildman–Crippen MR) is 78.1 cm³/mol. The minimum absolute atomic E-state index is 0.0187. The van der Waals surface area contributed by atoms with Crippen molar-refractivity contribution in [2.45, 2.75) is 26.8 Å². The summed E-state index contributed by atoms with van der Waals surface area (Å²) in [6, 6.07) is 0.0187. The van der Waals surface area contributed by atoms with Gasteiger partial charge < -0.3 is 5.73 Å². The number of allylic oxidation sites excluding steroid dienone is 1. The Kier molecular flexibility index (Phi) is 4.78. The molecule has 1 heterocycles. The van der Waals surface area contributed by atoms with Crippen LogP contribution in [0.4, 0.5) is 0 Å². The Labute approximate surface area is 112 Å². The lowest BCUT2D eigenvalue weighted by atomic mass is 10.1. The van der Waals surface area contributed by atoms with Crippen LogP contribution in [0.15, 0.2) is 40.0 Å². The number of carbonyl (C=O) groups is 1. The maximum Gasteiger partial charge on any atom is 0.252 e. The molecule has 0 atom stereocenters. The van der Waals surface area contributed by atoms with Crippen LogP contribution in [0.5, 0.6) is 0 Å². The number of hydrogen-bond acceptors (Lipinski definition) is 4. The molecule has 1 amide bonds. The van der Waals surface area contributed by atoms with Gasteiger partial charge in [-0.25, -0.2) is 4.99 Å². The average molecular weight is 265 g/mol. The summed E-state index contributed by atoms with van der Waals surface area (Å²) >= 11 is 1.44. The van der Waals surface area contributed by atoms with E-state index in [2.05, 4.69) is 11.6 Å². The second-order valence-electron chi connectivity index (χ2n) is 4.27. The highest BCUT2D eigenvalue weighted by atomic mass is 32.2. The smallest absolute Gasteiger partial charge is 0.252 e. The molecule has 2 N–H and O–H groups in total. The molecule has 0 saturated carbocycles. The molecule has 4 nitrogen and oxygen atoms in total. The minimum atomic E-state index is -0.0809. The van der Waals surface area contributed by atoms with E-state index in [1.165, 1.54) is 17.8 Å². The topological polar surface area (TPSA) is 58.7 Å². The fourth-order valence-corrected chi connectivity index (χ4v) is 1.81. The van der Waals surface area contributed by atoms with Crippen LogP contribution in [0, 0.1) is 0 Å². The number of nitrogens with two attached hydrogens (primary N) is 1. The van der Waals surface area contributed by atoms with Crippen molar-refractivity contribution in [1.29, 1.82) is 0 Å². The highest BCUT2D eigenvalue weighted by Gasteiger charge is 2.27. The number of hydrogen-bond donors (Lipinski definition) is 1. The summed E-state index contributed by atoms with van der Waals surface area (Å²) in [6.45, 7) is 9.51. The molecule has 18 heavy (non-hydrogen) atoms. The second-order valence-corrected chi connectivity index (χ2v) is 5.14. The van der Waals surface area contributed by atoms with E-state index < -0.39 is 0 Å². The molecule has 1 aliphatic heterocycles. The lowest BCUT2D eigenvalue weighted by molar-refractivity contribution is -0.123. The summed E-state index contributed by atoms with van der Waals surface area (Å²) < 4.78 is 0. The van der Waals surface area contributed by atoms with E-state index in [0.29, 0.717) is 16.6 Å². The summed E-state index contributed by atoms with van der Waals surface area (Å²) in [6.07, 6.45) is 5.13. The van der Waals surface area contributed by atoms with Gasteiger partial charge in [-0.15, -0.1) is 11.8 Å². The number of amidine groups is 1. The molecule has 5 heteroatoms. The zero-order valence-electron chi connectivity index (χ0n) is 11.2. The van der Waals surface area contributed by atoms with E-state index in [4.69, 9.17) is 5.73 Å². The lowest BCUT2D eigenvalue weighted by Crippen LogP contribution is -2.44. The van der Waals surface area contributed by atoms with Crippen molar-refractivity contribution in [3.05, 3.63) is 35.0 Å². The van der Waals surface area contributed by atoms with Gasteiger partial charge in [0.1, 0.15) is 5.84 Å². The quantitative estimate of drug-likeness (QED) is 0.851. The SMILES string of the molecule is C=C(/N=C1\C(=C(\C)N)C=CC(=O)N1C(C)C)SC. The first-order valence-electron chi connectivity index (χ1n) is 5.68. The van der Waals surface area contributed by atoms with Gasteiger partial charge in [0.15, 0.2) is 0 Å². The molecule has 98 valence electrons. The molecule has 0 spiro atoms. The van der Waals surface area contributed by atoms with E-state index in [-0.39, 0.29) is 11.9 Å². The first-order valence-corrected chi connectivity index (χ1v) is 6.90. The van der Waals surface area contributed by atoms with Crippen molar-refractivity contribution in [1.82, 2.24) is 4.90 Å². The van der Waals surface area contributed by atoms with E-state index in [1.54, 1.807) is 17.9 Å². The molecular weight excluding hydrogens is 246 g/mol. The number of amides is 1. The third kappa shape index (κ3) is 3.04. The van der Waals surface area contributed by atoms with Gasteiger partial charge in [-0.1, -0.05) is 6.58 Å². The first kappa shape index (κ1) is 14.6. The van der Waals surface area contributed by atoms with Crippen molar-refractivity contribution in [2.24, 2.45) is 10.7 Å².